The Kier molecular flexibility index (Phi) is 4.32. The first-order valence-corrected chi connectivity index (χ1v) is 6.75. The molecule has 100 valence electrons. The molecule has 4 heteroatoms. The summed E-state index contributed by atoms with van der Waals surface area (Å²) in [4.78, 5) is 12.9. The van der Waals surface area contributed by atoms with Crippen molar-refractivity contribution >= 4 is 18.7 Å². The van der Waals surface area contributed by atoms with Crippen LogP contribution >= 0.6 is 12.6 Å². The quantitative estimate of drug-likeness (QED) is 0.639. The fourth-order valence-corrected chi connectivity index (χ4v) is 2.74. The maximum Gasteiger partial charge on any atom is 0.408 e. The van der Waals surface area contributed by atoms with Crippen LogP contribution in [0.2, 0.25) is 0 Å². The van der Waals surface area contributed by atoms with Crippen LogP contribution in [0.3, 0.4) is 0 Å². The Hall–Kier alpha value is -1.68. The second kappa shape index (κ2) is 5.97. The fourth-order valence-electron chi connectivity index (χ4n) is 2.56. The number of hydrogen-bond acceptors (Lipinski definition) is 2. The molecule has 0 radical (unpaired) electrons. The molecule has 1 aliphatic heterocycles. The molecule has 0 aliphatic carbocycles. The van der Waals surface area contributed by atoms with E-state index in [4.69, 9.17) is 0 Å². The van der Waals surface area contributed by atoms with Crippen molar-refractivity contribution in [3.63, 3.8) is 0 Å². The normalized spacial score (nSPS) is 19.6. The number of allylic oxidation sites excluding steroid dienone is 1. The highest BCUT2D eigenvalue weighted by Gasteiger charge is 2.31. The third-order valence-corrected chi connectivity index (χ3v) is 3.59. The molecule has 1 heterocycles. The molecule has 0 fully saturated rings. The second-order valence-electron chi connectivity index (χ2n) is 4.43. The van der Waals surface area contributed by atoms with Crippen molar-refractivity contribution in [2.75, 3.05) is 6.54 Å². The van der Waals surface area contributed by atoms with E-state index in [9.17, 15) is 9.90 Å². The molecule has 0 saturated heterocycles. The van der Waals surface area contributed by atoms with Crippen LogP contribution in [0.5, 0.6) is 0 Å². The molecule has 2 rings (SSSR count). The van der Waals surface area contributed by atoms with E-state index in [1.54, 1.807) is 5.41 Å². The largest absolute Gasteiger partial charge is 0.465 e. The van der Waals surface area contributed by atoms with E-state index < -0.39 is 6.09 Å². The summed E-state index contributed by atoms with van der Waals surface area (Å²) >= 11 is 4.10. The summed E-state index contributed by atoms with van der Waals surface area (Å²) in [5, 5.41) is 11.0. The van der Waals surface area contributed by atoms with Gasteiger partial charge in [0.1, 0.15) is 0 Å². The minimum absolute atomic E-state index is 0.240. The third kappa shape index (κ3) is 2.68. The van der Waals surface area contributed by atoms with Crippen molar-refractivity contribution in [2.24, 2.45) is 0 Å². The predicted molar refractivity (Wildman–Crippen MR) is 79.5 cm³/mol. The van der Waals surface area contributed by atoms with Gasteiger partial charge in [0.15, 0.2) is 0 Å². The molecule has 1 amide bonds. The third-order valence-electron chi connectivity index (χ3n) is 3.45. The van der Waals surface area contributed by atoms with E-state index in [1.807, 2.05) is 37.3 Å². The number of thiol groups is 1. The van der Waals surface area contributed by atoms with E-state index in [1.165, 1.54) is 10.5 Å². The van der Waals surface area contributed by atoms with Gasteiger partial charge in [0, 0.05) is 6.54 Å². The smallest absolute Gasteiger partial charge is 0.408 e. The van der Waals surface area contributed by atoms with Gasteiger partial charge in [0.05, 0.1) is 6.04 Å². The van der Waals surface area contributed by atoms with Crippen molar-refractivity contribution in [3.8, 4) is 0 Å². The Bertz CT molecular complexity index is 537. The lowest BCUT2D eigenvalue weighted by Crippen LogP contribution is -2.39. The number of benzene rings is 1. The maximum absolute atomic E-state index is 11.5. The molecular formula is C15H17NO2S. The average Bonchev–Trinajstić information content (AvgIpc) is 2.43. The summed E-state index contributed by atoms with van der Waals surface area (Å²) in [5.74, 6) is 0. The number of carboxylic acid groups (broad SMARTS) is 1. The zero-order valence-electron chi connectivity index (χ0n) is 10.8. The highest BCUT2D eigenvalue weighted by Crippen LogP contribution is 2.35. The van der Waals surface area contributed by atoms with E-state index in [2.05, 4.69) is 18.7 Å². The van der Waals surface area contributed by atoms with E-state index in [0.717, 1.165) is 17.6 Å². The SMILES string of the molecule is C/C=C(\C=C/S)C1c2ccccc2CCN1C(=O)O. The van der Waals surface area contributed by atoms with Crippen LogP contribution < -0.4 is 0 Å². The molecule has 1 aromatic carbocycles. The Morgan fingerprint density at radius 3 is 2.84 bits per heavy atom. The number of nitrogens with zero attached hydrogens (tertiary/aromatic N) is 1. The topological polar surface area (TPSA) is 40.5 Å². The standard InChI is InChI=1S/C15H17NO2S/c1-2-11(8-10-19)14-13-6-4-3-5-12(13)7-9-16(14)15(17)18/h2-6,8,10,14,19H,7,9H2,1H3,(H,17,18)/b10-8-,11-2+. The molecule has 1 atom stereocenters. The number of hydrogen-bond donors (Lipinski definition) is 2. The monoisotopic (exact) mass is 275 g/mol. The van der Waals surface area contributed by atoms with Crippen LogP contribution in [-0.4, -0.2) is 22.6 Å². The van der Waals surface area contributed by atoms with Crippen molar-refractivity contribution in [1.29, 1.82) is 0 Å². The Morgan fingerprint density at radius 2 is 2.21 bits per heavy atom. The summed E-state index contributed by atoms with van der Waals surface area (Å²) in [6.45, 7) is 2.44. The van der Waals surface area contributed by atoms with Crippen molar-refractivity contribution in [2.45, 2.75) is 19.4 Å². The predicted octanol–water partition coefficient (Wildman–Crippen LogP) is 3.65. The number of carbonyl (C=O) groups is 1. The molecule has 3 nitrogen and oxygen atoms in total. The molecule has 0 spiro atoms. The highest BCUT2D eigenvalue weighted by molar-refractivity contribution is 7.83. The summed E-state index contributed by atoms with van der Waals surface area (Å²) in [7, 11) is 0. The number of amides is 1. The highest BCUT2D eigenvalue weighted by atomic mass is 32.1. The number of rotatable bonds is 2. The van der Waals surface area contributed by atoms with Crippen molar-refractivity contribution in [3.05, 3.63) is 58.5 Å². The minimum Gasteiger partial charge on any atom is -0.465 e. The zero-order valence-corrected chi connectivity index (χ0v) is 11.7. The van der Waals surface area contributed by atoms with E-state index in [-0.39, 0.29) is 6.04 Å². The Morgan fingerprint density at radius 1 is 1.47 bits per heavy atom. The first-order valence-electron chi connectivity index (χ1n) is 6.23. The zero-order chi connectivity index (χ0) is 13.8. The van der Waals surface area contributed by atoms with Gasteiger partial charge in [0.2, 0.25) is 0 Å². The van der Waals surface area contributed by atoms with Crippen LogP contribution in [0, 0.1) is 0 Å². The number of fused-ring (bicyclic) bond motifs is 1. The lowest BCUT2D eigenvalue weighted by atomic mass is 9.88. The molecule has 19 heavy (non-hydrogen) atoms. The van der Waals surface area contributed by atoms with Gasteiger partial charge in [-0.25, -0.2) is 4.79 Å². The lowest BCUT2D eigenvalue weighted by molar-refractivity contribution is 0.129. The van der Waals surface area contributed by atoms with E-state index in [0.29, 0.717) is 6.54 Å². The summed E-state index contributed by atoms with van der Waals surface area (Å²) in [5.41, 5.74) is 3.23. The van der Waals surface area contributed by atoms with Gasteiger partial charge in [-0.05, 0) is 35.5 Å². The average molecular weight is 275 g/mol. The van der Waals surface area contributed by atoms with Gasteiger partial charge in [0.25, 0.3) is 0 Å². The molecule has 1 aromatic rings. The van der Waals surface area contributed by atoms with E-state index >= 15 is 0 Å². The van der Waals surface area contributed by atoms with Gasteiger partial charge in [-0.1, -0.05) is 36.4 Å². The first-order chi connectivity index (χ1) is 9.19. The van der Waals surface area contributed by atoms with Crippen LogP contribution in [0.15, 0.2) is 47.4 Å². The molecular weight excluding hydrogens is 258 g/mol. The van der Waals surface area contributed by atoms with Gasteiger partial charge in [-0.15, -0.1) is 0 Å². The maximum atomic E-state index is 11.5. The van der Waals surface area contributed by atoms with Crippen LogP contribution in [0.25, 0.3) is 0 Å². The van der Waals surface area contributed by atoms with Crippen LogP contribution in [0.1, 0.15) is 24.1 Å². The summed E-state index contributed by atoms with van der Waals surface area (Å²) < 4.78 is 0. The van der Waals surface area contributed by atoms with Crippen molar-refractivity contribution < 1.29 is 9.90 Å². The van der Waals surface area contributed by atoms with Gasteiger partial charge < -0.3 is 5.11 Å². The summed E-state index contributed by atoms with van der Waals surface area (Å²) in [6.07, 6.45) is 3.67. The fraction of sp³-hybridized carbons (Fsp3) is 0.267. The van der Waals surface area contributed by atoms with Gasteiger partial charge in [-0.3, -0.25) is 4.90 Å². The first kappa shape index (κ1) is 13.7. The van der Waals surface area contributed by atoms with Crippen molar-refractivity contribution in [1.82, 2.24) is 4.90 Å². The lowest BCUT2D eigenvalue weighted by Gasteiger charge is -2.36. The molecule has 1 aliphatic rings. The second-order valence-corrected chi connectivity index (χ2v) is 4.73. The van der Waals surface area contributed by atoms with Crippen LogP contribution in [0.4, 0.5) is 4.79 Å². The Balaban J connectivity index is 2.52. The summed E-state index contributed by atoms with van der Waals surface area (Å²) in [6, 6.07) is 7.78. The minimum atomic E-state index is -0.883. The molecule has 0 bridgehead atoms. The molecule has 0 saturated carbocycles. The molecule has 1 unspecified atom stereocenters. The Labute approximate surface area is 118 Å². The van der Waals surface area contributed by atoms with Gasteiger partial charge in [-0.2, -0.15) is 12.6 Å². The van der Waals surface area contributed by atoms with Crippen LogP contribution in [-0.2, 0) is 6.42 Å². The van der Waals surface area contributed by atoms with Gasteiger partial charge >= 0.3 is 6.09 Å². The molecule has 0 aromatic heterocycles. The molecule has 1 N–H and O–H groups in total.